The molecule has 8 nitrogen and oxygen atoms in total. The Morgan fingerprint density at radius 1 is 0.839 bits per heavy atom. The van der Waals surface area contributed by atoms with Gasteiger partial charge in [-0.05, 0) is 92.9 Å². The quantitative estimate of drug-likeness (QED) is 0.499. The van der Waals surface area contributed by atoms with Crippen LogP contribution in [0.25, 0.3) is 0 Å². The molecule has 0 spiro atoms. The molecule has 0 saturated heterocycles. The number of hydrogen-bond acceptors (Lipinski definition) is 6. The summed E-state index contributed by atoms with van der Waals surface area (Å²) in [6, 6.07) is -0.162. The van der Waals surface area contributed by atoms with Gasteiger partial charge in [0.05, 0.1) is 12.0 Å². The summed E-state index contributed by atoms with van der Waals surface area (Å²) >= 11 is 0. The molecule has 0 aromatic heterocycles. The van der Waals surface area contributed by atoms with Gasteiger partial charge in [-0.3, -0.25) is 4.79 Å². The van der Waals surface area contributed by atoms with E-state index in [4.69, 9.17) is 14.2 Å². The summed E-state index contributed by atoms with van der Waals surface area (Å²) in [4.78, 5) is 37.4. The molecule has 8 heteroatoms. The molecule has 2 fully saturated rings. The lowest BCUT2D eigenvalue weighted by Gasteiger charge is -2.49. The van der Waals surface area contributed by atoms with Gasteiger partial charge in [0.1, 0.15) is 11.2 Å². The van der Waals surface area contributed by atoms with Crippen molar-refractivity contribution in [2.24, 2.45) is 11.3 Å². The normalized spacial score (nSPS) is 28.7. The summed E-state index contributed by atoms with van der Waals surface area (Å²) < 4.78 is 16.2. The van der Waals surface area contributed by atoms with Gasteiger partial charge in [0.15, 0.2) is 0 Å². The van der Waals surface area contributed by atoms with Crippen molar-refractivity contribution in [2.75, 3.05) is 6.61 Å². The highest BCUT2D eigenvalue weighted by atomic mass is 16.6. The van der Waals surface area contributed by atoms with Crippen molar-refractivity contribution < 1.29 is 28.6 Å². The summed E-state index contributed by atoms with van der Waals surface area (Å²) in [5.74, 6) is -0.166. The van der Waals surface area contributed by atoms with Crippen LogP contribution in [0.5, 0.6) is 0 Å². The van der Waals surface area contributed by atoms with Crippen molar-refractivity contribution >= 4 is 18.2 Å². The van der Waals surface area contributed by atoms with Crippen LogP contribution in [0, 0.1) is 11.3 Å². The minimum absolute atomic E-state index is 0.00563. The van der Waals surface area contributed by atoms with Crippen LogP contribution in [-0.2, 0) is 19.0 Å². The molecule has 0 radical (unpaired) electrons. The standard InChI is InChI=1S/C23H40N2O6/c1-8-29-18(26)23-11-9-16(24-19(27)30-21(2,3)4)13-15(23)14-17(10-12-23)25-20(28)31-22(5,6)7/h15-17H,8-14H2,1-7H3,(H,24,27)(H,25,28)/t15?,16-,17+,23?. The van der Waals surface area contributed by atoms with Gasteiger partial charge in [0.25, 0.3) is 0 Å². The number of amides is 2. The molecule has 2 aliphatic carbocycles. The van der Waals surface area contributed by atoms with Crippen molar-refractivity contribution in [3.8, 4) is 0 Å². The first-order valence-corrected chi connectivity index (χ1v) is 11.4. The van der Waals surface area contributed by atoms with Gasteiger partial charge in [-0.15, -0.1) is 0 Å². The Kier molecular flexibility index (Phi) is 7.87. The van der Waals surface area contributed by atoms with Crippen molar-refractivity contribution in [3.63, 3.8) is 0 Å². The average Bonchev–Trinajstić information content (AvgIpc) is 2.58. The Balaban J connectivity index is 2.08. The molecule has 2 unspecified atom stereocenters. The highest BCUT2D eigenvalue weighted by Crippen LogP contribution is 2.51. The maximum absolute atomic E-state index is 12.9. The van der Waals surface area contributed by atoms with Crippen LogP contribution in [0.4, 0.5) is 9.59 Å². The van der Waals surface area contributed by atoms with Gasteiger partial charge >= 0.3 is 18.2 Å². The van der Waals surface area contributed by atoms with E-state index < -0.39 is 28.8 Å². The number of carbonyl (C=O) groups is 3. The molecule has 178 valence electrons. The van der Waals surface area contributed by atoms with Crippen LogP contribution >= 0.6 is 0 Å². The van der Waals surface area contributed by atoms with E-state index in [0.29, 0.717) is 45.1 Å². The molecule has 0 aliphatic heterocycles. The van der Waals surface area contributed by atoms with Crippen molar-refractivity contribution in [2.45, 2.75) is 110 Å². The van der Waals surface area contributed by atoms with Gasteiger partial charge < -0.3 is 24.8 Å². The number of carbonyl (C=O) groups excluding carboxylic acids is 3. The lowest BCUT2D eigenvalue weighted by atomic mass is 9.57. The first-order chi connectivity index (χ1) is 14.2. The SMILES string of the molecule is CCOC(=O)C12CC[C@@H](NC(=O)OC(C)(C)C)CC1C[C@@H](NC(=O)OC(C)(C)C)CC2. The second-order valence-electron chi connectivity index (χ2n) is 10.8. The molecule has 2 aliphatic rings. The third-order valence-corrected chi connectivity index (χ3v) is 5.92. The number of ether oxygens (including phenoxy) is 3. The van der Waals surface area contributed by atoms with E-state index in [1.807, 2.05) is 48.5 Å². The highest BCUT2D eigenvalue weighted by molar-refractivity contribution is 5.78. The molecule has 2 rings (SSSR count). The van der Waals surface area contributed by atoms with Gasteiger partial charge in [-0.1, -0.05) is 0 Å². The lowest BCUT2D eigenvalue weighted by molar-refractivity contribution is -0.165. The van der Waals surface area contributed by atoms with E-state index in [9.17, 15) is 14.4 Å². The zero-order chi connectivity index (χ0) is 23.4. The molecule has 31 heavy (non-hydrogen) atoms. The fraction of sp³-hybridized carbons (Fsp3) is 0.870. The minimum atomic E-state index is -0.569. The third kappa shape index (κ3) is 7.28. The summed E-state index contributed by atoms with van der Waals surface area (Å²) in [7, 11) is 0. The molecule has 2 N–H and O–H groups in total. The first kappa shape index (κ1) is 25.3. The van der Waals surface area contributed by atoms with Crippen LogP contribution in [0.3, 0.4) is 0 Å². The second-order valence-corrected chi connectivity index (χ2v) is 10.8. The zero-order valence-corrected chi connectivity index (χ0v) is 20.1. The van der Waals surface area contributed by atoms with Crippen LogP contribution in [0.2, 0.25) is 0 Å². The van der Waals surface area contributed by atoms with Crippen LogP contribution < -0.4 is 10.6 Å². The van der Waals surface area contributed by atoms with Crippen LogP contribution in [0.1, 0.15) is 87.0 Å². The third-order valence-electron chi connectivity index (χ3n) is 5.92. The Morgan fingerprint density at radius 2 is 1.26 bits per heavy atom. The Bertz CT molecular complexity index is 620. The molecule has 2 amide bonds. The zero-order valence-electron chi connectivity index (χ0n) is 20.1. The van der Waals surface area contributed by atoms with E-state index >= 15 is 0 Å². The predicted octanol–water partition coefficient (Wildman–Crippen LogP) is 4.31. The Hall–Kier alpha value is -1.99. The number of hydrogen-bond donors (Lipinski definition) is 2. The van der Waals surface area contributed by atoms with Gasteiger partial charge in [0, 0.05) is 12.1 Å². The lowest BCUT2D eigenvalue weighted by Crippen LogP contribution is -2.55. The van der Waals surface area contributed by atoms with E-state index in [0.717, 1.165) is 0 Å². The first-order valence-electron chi connectivity index (χ1n) is 11.4. The van der Waals surface area contributed by atoms with Crippen molar-refractivity contribution in [1.82, 2.24) is 10.6 Å². The Morgan fingerprint density at radius 3 is 1.61 bits per heavy atom. The molecule has 4 atom stereocenters. The maximum atomic E-state index is 12.9. The number of alkyl carbamates (subject to hydrolysis) is 2. The summed E-state index contributed by atoms with van der Waals surface area (Å²) in [5.41, 5.74) is -1.70. The molecular weight excluding hydrogens is 400 g/mol. The monoisotopic (exact) mass is 440 g/mol. The topological polar surface area (TPSA) is 103 Å². The van der Waals surface area contributed by atoms with Gasteiger partial charge in [-0.25, -0.2) is 9.59 Å². The molecule has 2 saturated carbocycles. The summed E-state index contributed by atoms with van der Waals surface area (Å²) in [6.45, 7) is 13.1. The van der Waals surface area contributed by atoms with Crippen LogP contribution in [-0.4, -0.2) is 48.0 Å². The van der Waals surface area contributed by atoms with Gasteiger partial charge in [-0.2, -0.15) is 0 Å². The number of esters is 1. The minimum Gasteiger partial charge on any atom is -0.466 e. The molecule has 0 bridgehead atoms. The summed E-state index contributed by atoms with van der Waals surface area (Å²) in [5, 5.41) is 5.92. The predicted molar refractivity (Wildman–Crippen MR) is 117 cm³/mol. The number of nitrogens with one attached hydrogen (secondary N) is 2. The van der Waals surface area contributed by atoms with Crippen molar-refractivity contribution in [3.05, 3.63) is 0 Å². The van der Waals surface area contributed by atoms with Gasteiger partial charge in [0.2, 0.25) is 0 Å². The molecule has 0 aromatic rings. The fourth-order valence-electron chi connectivity index (χ4n) is 4.72. The highest BCUT2D eigenvalue weighted by Gasteiger charge is 2.53. The number of fused-ring (bicyclic) bond motifs is 1. The van der Waals surface area contributed by atoms with E-state index in [2.05, 4.69) is 10.6 Å². The average molecular weight is 441 g/mol. The molecule has 0 aromatic carbocycles. The second kappa shape index (κ2) is 9.65. The summed E-state index contributed by atoms with van der Waals surface area (Å²) in [6.07, 6.45) is 3.08. The Labute approximate surface area is 186 Å². The maximum Gasteiger partial charge on any atom is 0.407 e. The molecular formula is C23H40N2O6. The largest absolute Gasteiger partial charge is 0.466 e. The van der Waals surface area contributed by atoms with E-state index in [1.54, 1.807) is 0 Å². The smallest absolute Gasteiger partial charge is 0.407 e. The molecule has 0 heterocycles. The number of rotatable bonds is 4. The van der Waals surface area contributed by atoms with E-state index in [-0.39, 0.29) is 24.0 Å². The fourth-order valence-corrected chi connectivity index (χ4v) is 4.72. The van der Waals surface area contributed by atoms with Crippen molar-refractivity contribution in [1.29, 1.82) is 0 Å². The van der Waals surface area contributed by atoms with Crippen LogP contribution in [0.15, 0.2) is 0 Å². The van der Waals surface area contributed by atoms with E-state index in [1.165, 1.54) is 0 Å².